The lowest BCUT2D eigenvalue weighted by Gasteiger charge is -2.28. The van der Waals surface area contributed by atoms with Crippen molar-refractivity contribution in [3.05, 3.63) is 35.9 Å². The molecule has 1 aliphatic rings. The number of nitriles is 1. The molecule has 1 amide bonds. The fourth-order valence-corrected chi connectivity index (χ4v) is 2.33. The number of carbonyl (C=O) groups is 1. The molecule has 3 heteroatoms. The molecule has 0 unspecified atom stereocenters. The summed E-state index contributed by atoms with van der Waals surface area (Å²) in [6.07, 6.45) is 3.60. The van der Waals surface area contributed by atoms with Crippen LogP contribution in [0.2, 0.25) is 0 Å². The summed E-state index contributed by atoms with van der Waals surface area (Å²) in [5, 5.41) is 12.3. The Morgan fingerprint density at radius 2 is 1.94 bits per heavy atom. The van der Waals surface area contributed by atoms with Gasteiger partial charge in [0.25, 0.3) is 0 Å². The number of hydrogen-bond acceptors (Lipinski definition) is 2. The molecule has 1 aromatic carbocycles. The van der Waals surface area contributed by atoms with E-state index in [2.05, 4.69) is 11.4 Å². The van der Waals surface area contributed by atoms with Crippen molar-refractivity contribution in [2.45, 2.75) is 31.1 Å². The molecule has 1 aromatic rings. The number of nitrogens with zero attached hydrogens (tertiary/aromatic N) is 1. The maximum absolute atomic E-state index is 12.2. The second-order valence-electron chi connectivity index (χ2n) is 4.45. The number of hydrogen-bond donors (Lipinski definition) is 1. The van der Waals surface area contributed by atoms with E-state index in [0.717, 1.165) is 24.8 Å². The van der Waals surface area contributed by atoms with Crippen molar-refractivity contribution in [3.63, 3.8) is 0 Å². The maximum atomic E-state index is 12.2. The molecular formula is C14H16N2O. The summed E-state index contributed by atoms with van der Waals surface area (Å²) in [5.41, 5.74) is -0.191. The summed E-state index contributed by atoms with van der Waals surface area (Å²) in [7, 11) is 0. The minimum absolute atomic E-state index is 0.147. The van der Waals surface area contributed by atoms with Crippen molar-refractivity contribution in [3.8, 4) is 6.07 Å². The molecule has 1 saturated heterocycles. The highest BCUT2D eigenvalue weighted by Gasteiger charge is 2.40. The van der Waals surface area contributed by atoms with E-state index in [1.807, 2.05) is 30.3 Å². The summed E-state index contributed by atoms with van der Waals surface area (Å²) >= 11 is 0. The molecule has 0 spiro atoms. The van der Waals surface area contributed by atoms with Gasteiger partial charge >= 0.3 is 0 Å². The van der Waals surface area contributed by atoms with Crippen LogP contribution in [0.4, 0.5) is 0 Å². The molecule has 1 N–H and O–H groups in total. The average Bonchev–Trinajstić information content (AvgIpc) is 2.36. The third-order valence-corrected chi connectivity index (χ3v) is 3.36. The Kier molecular flexibility index (Phi) is 3.43. The first-order valence-corrected chi connectivity index (χ1v) is 6.05. The zero-order valence-corrected chi connectivity index (χ0v) is 9.78. The minimum Gasteiger partial charge on any atom is -0.354 e. The zero-order valence-electron chi connectivity index (χ0n) is 9.78. The van der Waals surface area contributed by atoms with E-state index in [1.165, 1.54) is 0 Å². The van der Waals surface area contributed by atoms with Gasteiger partial charge in [-0.25, -0.2) is 0 Å². The van der Waals surface area contributed by atoms with Gasteiger partial charge in [0.1, 0.15) is 0 Å². The highest BCUT2D eigenvalue weighted by molar-refractivity contribution is 5.91. The van der Waals surface area contributed by atoms with Crippen LogP contribution in [0.5, 0.6) is 0 Å². The standard InChI is InChI=1S/C14H16N2O/c15-11-14(12-7-3-1-4-8-12)9-5-2-6-10-16-13(14)17/h1,3-4,7-8H,2,5-6,9-10H2,(H,16,17)/t14-/m1/s1. The second kappa shape index (κ2) is 5.01. The third-order valence-electron chi connectivity index (χ3n) is 3.36. The maximum Gasteiger partial charge on any atom is 0.245 e. The van der Waals surface area contributed by atoms with Gasteiger partial charge in [-0.2, -0.15) is 5.26 Å². The quantitative estimate of drug-likeness (QED) is 0.800. The van der Waals surface area contributed by atoms with E-state index in [0.29, 0.717) is 13.0 Å². The van der Waals surface area contributed by atoms with Gasteiger partial charge < -0.3 is 5.32 Å². The van der Waals surface area contributed by atoms with Gasteiger partial charge in [0, 0.05) is 6.54 Å². The van der Waals surface area contributed by atoms with Crippen molar-refractivity contribution in [1.82, 2.24) is 5.32 Å². The zero-order chi connectivity index (χ0) is 12.1. The molecule has 0 aromatic heterocycles. The van der Waals surface area contributed by atoms with Crippen molar-refractivity contribution in [2.75, 3.05) is 6.54 Å². The number of amides is 1. The summed E-state index contributed by atoms with van der Waals surface area (Å²) in [6, 6.07) is 11.6. The summed E-state index contributed by atoms with van der Waals surface area (Å²) in [4.78, 5) is 12.2. The Morgan fingerprint density at radius 3 is 2.65 bits per heavy atom. The first-order chi connectivity index (χ1) is 8.29. The molecule has 17 heavy (non-hydrogen) atoms. The number of benzene rings is 1. The van der Waals surface area contributed by atoms with Crippen LogP contribution in [-0.4, -0.2) is 12.5 Å². The van der Waals surface area contributed by atoms with Gasteiger partial charge in [0.15, 0.2) is 5.41 Å². The van der Waals surface area contributed by atoms with Crippen LogP contribution in [0.15, 0.2) is 30.3 Å². The van der Waals surface area contributed by atoms with Crippen LogP contribution < -0.4 is 5.32 Å². The van der Waals surface area contributed by atoms with Gasteiger partial charge in [-0.1, -0.05) is 43.2 Å². The van der Waals surface area contributed by atoms with Gasteiger partial charge in [-0.05, 0) is 18.4 Å². The smallest absolute Gasteiger partial charge is 0.245 e. The summed E-state index contributed by atoms with van der Waals surface area (Å²) in [5.74, 6) is -0.147. The van der Waals surface area contributed by atoms with Crippen LogP contribution in [-0.2, 0) is 10.2 Å². The fraction of sp³-hybridized carbons (Fsp3) is 0.429. The Balaban J connectivity index is 2.40. The molecule has 0 saturated carbocycles. The van der Waals surface area contributed by atoms with E-state index in [4.69, 9.17) is 0 Å². The van der Waals surface area contributed by atoms with E-state index in [-0.39, 0.29) is 5.91 Å². The van der Waals surface area contributed by atoms with Crippen LogP contribution in [0.3, 0.4) is 0 Å². The monoisotopic (exact) mass is 228 g/mol. The Hall–Kier alpha value is -1.82. The molecule has 3 nitrogen and oxygen atoms in total. The first kappa shape index (κ1) is 11.7. The number of rotatable bonds is 1. The van der Waals surface area contributed by atoms with E-state index in [9.17, 15) is 10.1 Å². The lowest BCUT2D eigenvalue weighted by atomic mass is 9.76. The van der Waals surface area contributed by atoms with Crippen LogP contribution in [0.25, 0.3) is 0 Å². The topological polar surface area (TPSA) is 52.9 Å². The van der Waals surface area contributed by atoms with Gasteiger partial charge in [-0.3, -0.25) is 4.79 Å². The number of nitrogens with one attached hydrogen (secondary N) is 1. The average molecular weight is 228 g/mol. The van der Waals surface area contributed by atoms with Crippen molar-refractivity contribution in [1.29, 1.82) is 5.26 Å². The highest BCUT2D eigenvalue weighted by Crippen LogP contribution is 2.31. The number of carbonyl (C=O) groups excluding carboxylic acids is 1. The Labute approximate surface area is 101 Å². The minimum atomic E-state index is -0.998. The van der Waals surface area contributed by atoms with Crippen molar-refractivity contribution in [2.24, 2.45) is 0 Å². The first-order valence-electron chi connectivity index (χ1n) is 6.05. The molecule has 1 heterocycles. The van der Waals surface area contributed by atoms with Crippen LogP contribution in [0, 0.1) is 11.3 Å². The molecule has 0 bridgehead atoms. The molecule has 88 valence electrons. The second-order valence-corrected chi connectivity index (χ2v) is 4.45. The molecule has 0 aliphatic carbocycles. The summed E-state index contributed by atoms with van der Waals surface area (Å²) in [6.45, 7) is 0.676. The Morgan fingerprint density at radius 1 is 1.18 bits per heavy atom. The molecular weight excluding hydrogens is 212 g/mol. The van der Waals surface area contributed by atoms with Crippen LogP contribution in [0.1, 0.15) is 31.2 Å². The van der Waals surface area contributed by atoms with E-state index >= 15 is 0 Å². The largest absolute Gasteiger partial charge is 0.354 e. The van der Waals surface area contributed by atoms with Gasteiger partial charge in [0.05, 0.1) is 6.07 Å². The van der Waals surface area contributed by atoms with Gasteiger partial charge in [0.2, 0.25) is 5.91 Å². The lowest BCUT2D eigenvalue weighted by molar-refractivity contribution is -0.125. The predicted octanol–water partition coefficient (Wildman–Crippen LogP) is 2.14. The molecule has 2 rings (SSSR count). The van der Waals surface area contributed by atoms with E-state index in [1.54, 1.807) is 0 Å². The van der Waals surface area contributed by atoms with E-state index < -0.39 is 5.41 Å². The van der Waals surface area contributed by atoms with Crippen molar-refractivity contribution >= 4 is 5.91 Å². The molecule has 0 radical (unpaired) electrons. The third kappa shape index (κ3) is 2.16. The normalized spacial score (nSPS) is 25.2. The Bertz CT molecular complexity index is 435. The SMILES string of the molecule is N#C[C@@]1(c2ccccc2)CCCCCNC1=O. The van der Waals surface area contributed by atoms with Gasteiger partial charge in [-0.15, -0.1) is 0 Å². The van der Waals surface area contributed by atoms with Crippen LogP contribution >= 0.6 is 0 Å². The predicted molar refractivity (Wildman–Crippen MR) is 65.2 cm³/mol. The fourth-order valence-electron chi connectivity index (χ4n) is 2.33. The summed E-state index contributed by atoms with van der Waals surface area (Å²) < 4.78 is 0. The molecule has 1 aliphatic heterocycles. The molecule has 1 fully saturated rings. The highest BCUT2D eigenvalue weighted by atomic mass is 16.2. The van der Waals surface area contributed by atoms with Crippen molar-refractivity contribution < 1.29 is 4.79 Å². The molecule has 1 atom stereocenters. The lowest BCUT2D eigenvalue weighted by Crippen LogP contribution is -2.45.